The third-order valence-electron chi connectivity index (χ3n) is 3.71. The molecule has 1 fully saturated rings. The van der Waals surface area contributed by atoms with Crippen LogP contribution in [0.25, 0.3) is 0 Å². The minimum Gasteiger partial charge on any atom is -0.396 e. The number of nitrogens with one attached hydrogen (secondary N) is 1. The molecule has 1 amide bonds. The first-order chi connectivity index (χ1) is 9.41. The number of nitrogens with two attached hydrogens (primary N) is 1. The molecule has 0 aromatic heterocycles. The van der Waals surface area contributed by atoms with E-state index < -0.39 is 17.5 Å². The lowest BCUT2D eigenvalue weighted by Crippen LogP contribution is -2.39. The van der Waals surface area contributed by atoms with Gasteiger partial charge in [0, 0.05) is 25.8 Å². The van der Waals surface area contributed by atoms with Gasteiger partial charge in [0.15, 0.2) is 0 Å². The number of anilines is 1. The van der Waals surface area contributed by atoms with Crippen molar-refractivity contribution in [3.05, 3.63) is 29.3 Å². The highest BCUT2D eigenvalue weighted by atomic mass is 19.1. The summed E-state index contributed by atoms with van der Waals surface area (Å²) in [6.07, 6.45) is 1.67. The van der Waals surface area contributed by atoms with Crippen LogP contribution in [0.4, 0.5) is 14.5 Å². The molecule has 0 bridgehead atoms. The van der Waals surface area contributed by atoms with Gasteiger partial charge in [-0.15, -0.1) is 0 Å². The Kier molecular flexibility index (Phi) is 4.23. The van der Waals surface area contributed by atoms with Crippen LogP contribution in [0.5, 0.6) is 0 Å². The van der Waals surface area contributed by atoms with Gasteiger partial charge in [0.25, 0.3) is 5.91 Å². The van der Waals surface area contributed by atoms with E-state index in [2.05, 4.69) is 5.32 Å². The predicted molar refractivity (Wildman–Crippen MR) is 71.3 cm³/mol. The number of halogens is 2. The first-order valence-corrected chi connectivity index (χ1v) is 6.52. The molecule has 20 heavy (non-hydrogen) atoms. The van der Waals surface area contributed by atoms with E-state index in [0.29, 0.717) is 25.8 Å². The topological polar surface area (TPSA) is 64.4 Å². The SMILES string of the molecule is CC1(CNC(=O)c2cc(N)c(F)cc2F)CCOCC1. The van der Waals surface area contributed by atoms with Gasteiger partial charge in [0.2, 0.25) is 0 Å². The van der Waals surface area contributed by atoms with Crippen molar-refractivity contribution < 1.29 is 18.3 Å². The highest BCUT2D eigenvalue weighted by Crippen LogP contribution is 2.28. The number of amides is 1. The first-order valence-electron chi connectivity index (χ1n) is 6.52. The lowest BCUT2D eigenvalue weighted by atomic mass is 9.82. The molecule has 1 saturated heterocycles. The van der Waals surface area contributed by atoms with E-state index >= 15 is 0 Å². The van der Waals surface area contributed by atoms with Gasteiger partial charge in [-0.05, 0) is 24.3 Å². The monoisotopic (exact) mass is 284 g/mol. The number of carbonyl (C=O) groups excluding carboxylic acids is 1. The van der Waals surface area contributed by atoms with Gasteiger partial charge < -0.3 is 15.8 Å². The van der Waals surface area contributed by atoms with Gasteiger partial charge in [-0.3, -0.25) is 4.79 Å². The number of nitrogen functional groups attached to an aromatic ring is 1. The van der Waals surface area contributed by atoms with Gasteiger partial charge in [-0.25, -0.2) is 8.78 Å². The number of hydrogen-bond acceptors (Lipinski definition) is 3. The fourth-order valence-electron chi connectivity index (χ4n) is 2.17. The quantitative estimate of drug-likeness (QED) is 0.835. The molecule has 1 heterocycles. The second-order valence-corrected chi connectivity index (χ2v) is 5.46. The van der Waals surface area contributed by atoms with E-state index in [1.54, 1.807) is 0 Å². The summed E-state index contributed by atoms with van der Waals surface area (Å²) >= 11 is 0. The Hall–Kier alpha value is -1.69. The van der Waals surface area contributed by atoms with Crippen molar-refractivity contribution in [1.29, 1.82) is 0 Å². The molecule has 0 aliphatic carbocycles. The fraction of sp³-hybridized carbons (Fsp3) is 0.500. The van der Waals surface area contributed by atoms with Crippen molar-refractivity contribution in [2.24, 2.45) is 5.41 Å². The number of carbonyl (C=O) groups is 1. The Morgan fingerprint density at radius 3 is 2.65 bits per heavy atom. The van der Waals surface area contributed by atoms with E-state index in [1.807, 2.05) is 6.92 Å². The summed E-state index contributed by atoms with van der Waals surface area (Å²) in [5.41, 5.74) is 4.82. The number of benzene rings is 1. The van der Waals surface area contributed by atoms with Crippen molar-refractivity contribution >= 4 is 11.6 Å². The molecule has 2 rings (SSSR count). The molecule has 0 radical (unpaired) electrons. The van der Waals surface area contributed by atoms with Crippen molar-refractivity contribution in [2.75, 3.05) is 25.5 Å². The Bertz CT molecular complexity index is 514. The van der Waals surface area contributed by atoms with Crippen LogP contribution in [0.15, 0.2) is 12.1 Å². The van der Waals surface area contributed by atoms with Crippen LogP contribution in [0.2, 0.25) is 0 Å². The van der Waals surface area contributed by atoms with E-state index in [1.165, 1.54) is 0 Å². The number of hydrogen-bond donors (Lipinski definition) is 2. The van der Waals surface area contributed by atoms with Crippen molar-refractivity contribution in [3.63, 3.8) is 0 Å². The molecule has 1 aliphatic heterocycles. The predicted octanol–water partition coefficient (Wildman–Crippen LogP) is 2.09. The van der Waals surface area contributed by atoms with Crippen LogP contribution in [0, 0.1) is 17.0 Å². The molecule has 0 unspecified atom stereocenters. The zero-order chi connectivity index (χ0) is 14.8. The highest BCUT2D eigenvalue weighted by Gasteiger charge is 2.28. The first kappa shape index (κ1) is 14.7. The van der Waals surface area contributed by atoms with Crippen molar-refractivity contribution in [2.45, 2.75) is 19.8 Å². The maximum Gasteiger partial charge on any atom is 0.254 e. The van der Waals surface area contributed by atoms with Gasteiger partial charge in [-0.1, -0.05) is 6.92 Å². The molecule has 4 nitrogen and oxygen atoms in total. The zero-order valence-electron chi connectivity index (χ0n) is 11.3. The fourth-order valence-corrected chi connectivity index (χ4v) is 2.17. The van der Waals surface area contributed by atoms with E-state index in [9.17, 15) is 13.6 Å². The maximum atomic E-state index is 13.6. The summed E-state index contributed by atoms with van der Waals surface area (Å²) in [5, 5.41) is 2.68. The van der Waals surface area contributed by atoms with Crippen LogP contribution in [0.3, 0.4) is 0 Å². The molecular formula is C14H18F2N2O2. The second-order valence-electron chi connectivity index (χ2n) is 5.46. The molecule has 6 heteroatoms. The summed E-state index contributed by atoms with van der Waals surface area (Å²) in [4.78, 5) is 12.0. The van der Waals surface area contributed by atoms with Crippen LogP contribution < -0.4 is 11.1 Å². The minimum atomic E-state index is -0.911. The summed E-state index contributed by atoms with van der Waals surface area (Å²) in [6.45, 7) is 3.78. The Morgan fingerprint density at radius 2 is 2.00 bits per heavy atom. The van der Waals surface area contributed by atoms with Crippen molar-refractivity contribution in [1.82, 2.24) is 5.32 Å². The molecule has 0 spiro atoms. The third kappa shape index (κ3) is 3.25. The Balaban J connectivity index is 2.03. The third-order valence-corrected chi connectivity index (χ3v) is 3.71. The van der Waals surface area contributed by atoms with Crippen LogP contribution in [-0.4, -0.2) is 25.7 Å². The smallest absolute Gasteiger partial charge is 0.254 e. The summed E-state index contributed by atoms with van der Waals surface area (Å²) in [6, 6.07) is 1.65. The van der Waals surface area contributed by atoms with Crippen LogP contribution >= 0.6 is 0 Å². The number of rotatable bonds is 3. The molecule has 3 N–H and O–H groups in total. The maximum absolute atomic E-state index is 13.6. The Labute approximate surface area is 116 Å². The van der Waals surface area contributed by atoms with Gasteiger partial charge in [-0.2, -0.15) is 0 Å². The summed E-state index contributed by atoms with van der Waals surface area (Å²) < 4.78 is 31.9. The van der Waals surface area contributed by atoms with Gasteiger partial charge in [0.05, 0.1) is 11.3 Å². The van der Waals surface area contributed by atoms with E-state index in [0.717, 1.165) is 18.9 Å². The van der Waals surface area contributed by atoms with Crippen LogP contribution in [-0.2, 0) is 4.74 Å². The largest absolute Gasteiger partial charge is 0.396 e. The minimum absolute atomic E-state index is 0.0596. The molecular weight excluding hydrogens is 266 g/mol. The zero-order valence-corrected chi connectivity index (χ0v) is 11.3. The normalized spacial score (nSPS) is 17.8. The average Bonchev–Trinajstić information content (AvgIpc) is 2.41. The lowest BCUT2D eigenvalue weighted by molar-refractivity contribution is 0.0238. The van der Waals surface area contributed by atoms with Crippen molar-refractivity contribution in [3.8, 4) is 0 Å². The lowest BCUT2D eigenvalue weighted by Gasteiger charge is -2.33. The van der Waals surface area contributed by atoms with E-state index in [-0.39, 0.29) is 16.7 Å². The molecule has 0 saturated carbocycles. The standard InChI is InChI=1S/C14H18F2N2O2/c1-14(2-4-20-5-3-14)8-18-13(19)9-6-12(17)11(16)7-10(9)15/h6-7H,2-5,8,17H2,1H3,(H,18,19). The molecule has 1 aromatic carbocycles. The highest BCUT2D eigenvalue weighted by molar-refractivity contribution is 5.95. The molecule has 110 valence electrons. The van der Waals surface area contributed by atoms with E-state index in [4.69, 9.17) is 10.5 Å². The Morgan fingerprint density at radius 1 is 1.35 bits per heavy atom. The van der Waals surface area contributed by atoms with Gasteiger partial charge >= 0.3 is 0 Å². The molecule has 1 aromatic rings. The molecule has 1 aliphatic rings. The second kappa shape index (κ2) is 5.75. The number of ether oxygens (including phenoxy) is 1. The molecule has 0 atom stereocenters. The van der Waals surface area contributed by atoms with Gasteiger partial charge in [0.1, 0.15) is 11.6 Å². The van der Waals surface area contributed by atoms with Crippen LogP contribution in [0.1, 0.15) is 30.1 Å². The summed E-state index contributed by atoms with van der Waals surface area (Å²) in [7, 11) is 0. The average molecular weight is 284 g/mol. The summed E-state index contributed by atoms with van der Waals surface area (Å²) in [5.74, 6) is -2.36.